The molecule has 8 heteroatoms. The number of carbonyl (C=O) groups excluding carboxylic acids is 1. The molecule has 2 N–H and O–H groups in total. The van der Waals surface area contributed by atoms with E-state index in [4.69, 9.17) is 4.74 Å². The second-order valence-electron chi connectivity index (χ2n) is 5.97. The Morgan fingerprint density at radius 1 is 1.35 bits per heavy atom. The Morgan fingerprint density at radius 2 is 2.08 bits per heavy atom. The number of fused-ring (bicyclic) bond motifs is 1. The van der Waals surface area contributed by atoms with Crippen LogP contribution < -0.4 is 10.9 Å². The van der Waals surface area contributed by atoms with Gasteiger partial charge >= 0.3 is 0 Å². The lowest BCUT2D eigenvalue weighted by Crippen LogP contribution is -2.29. The first-order valence-electron chi connectivity index (χ1n) is 8.20. The van der Waals surface area contributed by atoms with E-state index in [1.165, 1.54) is 11.3 Å². The highest BCUT2D eigenvalue weighted by molar-refractivity contribution is 7.11. The van der Waals surface area contributed by atoms with Gasteiger partial charge in [0.1, 0.15) is 5.01 Å². The minimum absolute atomic E-state index is 0.157. The summed E-state index contributed by atoms with van der Waals surface area (Å²) in [7, 11) is 1.63. The van der Waals surface area contributed by atoms with Gasteiger partial charge in [-0.2, -0.15) is 5.10 Å². The van der Waals surface area contributed by atoms with Gasteiger partial charge in [-0.3, -0.25) is 9.59 Å². The number of thiazole rings is 1. The zero-order chi connectivity index (χ0) is 18.7. The average molecular weight is 372 g/mol. The number of hydrogen-bond acceptors (Lipinski definition) is 6. The van der Waals surface area contributed by atoms with E-state index < -0.39 is 5.92 Å². The number of hydrogen-bond donors (Lipinski definition) is 2. The lowest BCUT2D eigenvalue weighted by atomic mass is 10.0. The summed E-state index contributed by atoms with van der Waals surface area (Å²) in [5.41, 5.74) is 1.18. The number of ether oxygens (including phenoxy) is 1. The molecule has 26 heavy (non-hydrogen) atoms. The van der Waals surface area contributed by atoms with Crippen molar-refractivity contribution in [2.45, 2.75) is 32.9 Å². The topological polar surface area (TPSA) is 97.0 Å². The van der Waals surface area contributed by atoms with Gasteiger partial charge in [0, 0.05) is 17.4 Å². The van der Waals surface area contributed by atoms with Crippen LogP contribution in [0.5, 0.6) is 0 Å². The third kappa shape index (κ3) is 3.66. The first-order valence-corrected chi connectivity index (χ1v) is 9.02. The summed E-state index contributed by atoms with van der Waals surface area (Å²) < 4.78 is 5.09. The van der Waals surface area contributed by atoms with E-state index in [9.17, 15) is 9.59 Å². The van der Waals surface area contributed by atoms with Gasteiger partial charge in [-0.1, -0.05) is 18.2 Å². The van der Waals surface area contributed by atoms with E-state index in [2.05, 4.69) is 20.5 Å². The number of benzene rings is 1. The molecule has 0 saturated heterocycles. The molecule has 0 bridgehead atoms. The number of rotatable bonds is 6. The molecule has 0 fully saturated rings. The smallest absolute Gasteiger partial charge is 0.272 e. The van der Waals surface area contributed by atoms with Crippen molar-refractivity contribution in [2.75, 3.05) is 7.11 Å². The van der Waals surface area contributed by atoms with Gasteiger partial charge in [-0.15, -0.1) is 11.3 Å². The van der Waals surface area contributed by atoms with Crippen molar-refractivity contribution in [3.63, 3.8) is 0 Å². The Hall–Kier alpha value is -2.58. The van der Waals surface area contributed by atoms with Crippen LogP contribution in [-0.2, 0) is 22.7 Å². The molecule has 0 spiro atoms. The Labute approximate surface area is 154 Å². The molecule has 2 aromatic heterocycles. The molecule has 0 aliphatic carbocycles. The second kappa shape index (κ2) is 7.76. The Kier molecular flexibility index (Phi) is 5.43. The third-order valence-corrected chi connectivity index (χ3v) is 5.29. The maximum absolute atomic E-state index is 12.6. The quantitative estimate of drug-likeness (QED) is 0.692. The number of amides is 1. The third-order valence-electron chi connectivity index (χ3n) is 4.16. The normalized spacial score (nSPS) is 12.3. The fraction of sp³-hybridized carbons (Fsp3) is 0.333. The van der Waals surface area contributed by atoms with Crippen LogP contribution in [0.2, 0.25) is 0 Å². The van der Waals surface area contributed by atoms with Crippen LogP contribution in [0.4, 0.5) is 0 Å². The first kappa shape index (κ1) is 18.2. The van der Waals surface area contributed by atoms with E-state index >= 15 is 0 Å². The number of aromatic amines is 1. The number of aryl methyl sites for hydroxylation is 1. The van der Waals surface area contributed by atoms with Crippen LogP contribution in [0.25, 0.3) is 10.8 Å². The first-order chi connectivity index (χ1) is 12.5. The number of nitrogens with zero attached hydrogens (tertiary/aromatic N) is 2. The summed E-state index contributed by atoms with van der Waals surface area (Å²) in [5.74, 6) is -0.654. The average Bonchev–Trinajstić information content (AvgIpc) is 2.99. The highest BCUT2D eigenvalue weighted by Gasteiger charge is 2.20. The monoisotopic (exact) mass is 372 g/mol. The zero-order valence-electron chi connectivity index (χ0n) is 14.8. The van der Waals surface area contributed by atoms with Gasteiger partial charge < -0.3 is 10.1 Å². The number of carbonyl (C=O) groups is 1. The molecule has 7 nitrogen and oxygen atoms in total. The maximum Gasteiger partial charge on any atom is 0.272 e. The molecule has 1 aromatic carbocycles. The van der Waals surface area contributed by atoms with Crippen molar-refractivity contribution in [1.82, 2.24) is 20.5 Å². The minimum Gasteiger partial charge on any atom is -0.378 e. The maximum atomic E-state index is 12.6. The number of nitrogens with one attached hydrogen (secondary N) is 2. The number of aromatic nitrogens is 3. The molecule has 0 aliphatic rings. The molecule has 3 rings (SSSR count). The van der Waals surface area contributed by atoms with Crippen LogP contribution in [0.3, 0.4) is 0 Å². The van der Waals surface area contributed by atoms with Gasteiger partial charge in [-0.25, -0.2) is 10.1 Å². The van der Waals surface area contributed by atoms with Gasteiger partial charge in [-0.05, 0) is 19.9 Å². The van der Waals surface area contributed by atoms with Gasteiger partial charge in [0.2, 0.25) is 5.91 Å². The summed E-state index contributed by atoms with van der Waals surface area (Å²) in [6, 6.07) is 7.15. The Bertz CT molecular complexity index is 996. The lowest BCUT2D eigenvalue weighted by Gasteiger charge is -2.13. The zero-order valence-corrected chi connectivity index (χ0v) is 15.6. The second-order valence-corrected chi connectivity index (χ2v) is 7.14. The summed E-state index contributed by atoms with van der Waals surface area (Å²) in [4.78, 5) is 29.9. The molecule has 1 amide bonds. The summed E-state index contributed by atoms with van der Waals surface area (Å²) in [5, 5.41) is 11.6. The van der Waals surface area contributed by atoms with Gasteiger partial charge in [0.25, 0.3) is 5.56 Å². The van der Waals surface area contributed by atoms with Crippen molar-refractivity contribution < 1.29 is 9.53 Å². The molecule has 1 atom stereocenters. The molecule has 1 unspecified atom stereocenters. The van der Waals surface area contributed by atoms with Crippen LogP contribution in [0.1, 0.15) is 34.1 Å². The van der Waals surface area contributed by atoms with E-state index in [-0.39, 0.29) is 11.5 Å². The molecular weight excluding hydrogens is 352 g/mol. The van der Waals surface area contributed by atoms with E-state index in [1.54, 1.807) is 32.2 Å². The summed E-state index contributed by atoms with van der Waals surface area (Å²) in [6.45, 7) is 4.55. The Morgan fingerprint density at radius 3 is 2.81 bits per heavy atom. The van der Waals surface area contributed by atoms with Crippen molar-refractivity contribution in [1.29, 1.82) is 0 Å². The van der Waals surface area contributed by atoms with Crippen LogP contribution >= 0.6 is 11.3 Å². The van der Waals surface area contributed by atoms with Crippen molar-refractivity contribution in [3.05, 3.63) is 55.9 Å². The lowest BCUT2D eigenvalue weighted by molar-refractivity contribution is -0.122. The molecule has 3 aromatic rings. The highest BCUT2D eigenvalue weighted by atomic mass is 32.1. The fourth-order valence-electron chi connectivity index (χ4n) is 2.75. The predicted molar refractivity (Wildman–Crippen MR) is 100 cm³/mol. The summed E-state index contributed by atoms with van der Waals surface area (Å²) >= 11 is 1.52. The van der Waals surface area contributed by atoms with Gasteiger partial charge in [0.15, 0.2) is 0 Å². The molecule has 0 radical (unpaired) electrons. The summed E-state index contributed by atoms with van der Waals surface area (Å²) in [6.07, 6.45) is 0. The minimum atomic E-state index is -0.497. The standard InChI is InChI=1S/C18H20N4O3S/c1-10(16-12-6-4-5-7-13(12)18(24)22-21-16)17(23)19-8-14-11(2)20-15(26-14)9-25-3/h4-7,10H,8-9H2,1-3H3,(H,19,23)(H,22,24). The Balaban J connectivity index is 1.77. The van der Waals surface area contributed by atoms with Crippen LogP contribution in [0.15, 0.2) is 29.1 Å². The molecule has 2 heterocycles. The van der Waals surface area contributed by atoms with E-state index in [0.29, 0.717) is 29.6 Å². The number of H-pyrrole nitrogens is 1. The molecule has 0 saturated carbocycles. The van der Waals surface area contributed by atoms with Crippen molar-refractivity contribution in [3.8, 4) is 0 Å². The van der Waals surface area contributed by atoms with Crippen molar-refractivity contribution in [2.24, 2.45) is 0 Å². The fourth-order valence-corrected chi connectivity index (χ4v) is 3.73. The largest absolute Gasteiger partial charge is 0.378 e. The SMILES string of the molecule is COCc1nc(C)c(CNC(=O)C(C)c2n[nH]c(=O)c3ccccc23)s1. The number of methoxy groups -OCH3 is 1. The molecule has 0 aliphatic heterocycles. The van der Waals surface area contributed by atoms with Crippen LogP contribution in [0, 0.1) is 6.92 Å². The predicted octanol–water partition coefficient (Wildman–Crippen LogP) is 2.25. The van der Waals surface area contributed by atoms with Gasteiger partial charge in [0.05, 0.1) is 35.8 Å². The van der Waals surface area contributed by atoms with Crippen molar-refractivity contribution >= 4 is 28.0 Å². The highest BCUT2D eigenvalue weighted by Crippen LogP contribution is 2.22. The molecule has 136 valence electrons. The molecular formula is C18H20N4O3S. The van der Waals surface area contributed by atoms with E-state index in [0.717, 1.165) is 15.6 Å². The van der Waals surface area contributed by atoms with E-state index in [1.807, 2.05) is 13.0 Å². The van der Waals surface area contributed by atoms with Crippen LogP contribution in [-0.4, -0.2) is 28.2 Å².